The number of aliphatic hydroxyl groups is 1. The van der Waals surface area contributed by atoms with E-state index in [0.717, 1.165) is 0 Å². The van der Waals surface area contributed by atoms with Crippen molar-refractivity contribution in [2.45, 2.75) is 26.0 Å². The Morgan fingerprint density at radius 2 is 1.36 bits per heavy atom. The van der Waals surface area contributed by atoms with Crippen molar-refractivity contribution in [1.82, 2.24) is 4.90 Å². The monoisotopic (exact) mass is 207 g/mol. The number of aliphatic carboxylic acids is 2. The Balaban J connectivity index is 0. The van der Waals surface area contributed by atoms with E-state index in [9.17, 15) is 9.59 Å². The zero-order valence-electron chi connectivity index (χ0n) is 8.60. The fourth-order valence-electron chi connectivity index (χ4n) is 0.214. The molecule has 0 bridgehead atoms. The molecule has 84 valence electrons. The summed E-state index contributed by atoms with van der Waals surface area (Å²) in [5.41, 5.74) is 0. The summed E-state index contributed by atoms with van der Waals surface area (Å²) in [6, 6.07) is 0. The maximum atomic E-state index is 9.64. The maximum Gasteiger partial charge on any atom is 0.303 e. The lowest BCUT2D eigenvalue weighted by molar-refractivity contribution is -0.143. The van der Waals surface area contributed by atoms with E-state index in [-0.39, 0.29) is 19.1 Å². The second-order valence-electron chi connectivity index (χ2n) is 2.88. The van der Waals surface area contributed by atoms with E-state index in [2.05, 4.69) is 0 Å². The molecule has 0 aromatic heterocycles. The first kappa shape index (κ1) is 15.3. The van der Waals surface area contributed by atoms with Crippen molar-refractivity contribution < 1.29 is 24.9 Å². The minimum absolute atomic E-state index is 0.296. The molecular weight excluding hydrogens is 190 g/mol. The highest BCUT2D eigenvalue weighted by Gasteiger charge is 2.00. The summed E-state index contributed by atoms with van der Waals surface area (Å²) in [7, 11) is 3.65. The van der Waals surface area contributed by atoms with Crippen LogP contribution >= 0.6 is 0 Å². The standard InChI is InChI=1S/C4H11NO.C4H6O4/c1-4(6)5(2)3;5-3(6)1-2-4(7)8/h4,6H,1-3H3;1-2H2,(H,5,6)(H,7,8). The molecule has 0 rings (SSSR count). The van der Waals surface area contributed by atoms with Gasteiger partial charge in [-0.05, 0) is 21.0 Å². The molecule has 0 radical (unpaired) electrons. The lowest BCUT2D eigenvalue weighted by atomic mass is 10.3. The molecule has 0 aromatic carbocycles. The number of carboxylic acid groups (broad SMARTS) is 2. The lowest BCUT2D eigenvalue weighted by Gasteiger charge is -2.11. The topological polar surface area (TPSA) is 98.1 Å². The van der Waals surface area contributed by atoms with Crippen molar-refractivity contribution in [3.63, 3.8) is 0 Å². The van der Waals surface area contributed by atoms with E-state index < -0.39 is 11.9 Å². The molecule has 0 saturated heterocycles. The molecule has 6 nitrogen and oxygen atoms in total. The molecule has 0 saturated carbocycles. The number of carboxylic acids is 2. The smallest absolute Gasteiger partial charge is 0.303 e. The van der Waals surface area contributed by atoms with Crippen LogP contribution in [0.5, 0.6) is 0 Å². The van der Waals surface area contributed by atoms with Crippen LogP contribution < -0.4 is 0 Å². The Morgan fingerprint density at radius 3 is 1.43 bits per heavy atom. The SMILES string of the molecule is CC(O)N(C)C.O=C(O)CCC(=O)O. The van der Waals surface area contributed by atoms with E-state index >= 15 is 0 Å². The number of hydrogen-bond donors (Lipinski definition) is 3. The number of rotatable bonds is 4. The first-order valence-electron chi connectivity index (χ1n) is 4.05. The Hall–Kier alpha value is -1.14. The van der Waals surface area contributed by atoms with Gasteiger partial charge >= 0.3 is 11.9 Å². The summed E-state index contributed by atoms with van der Waals surface area (Å²) < 4.78 is 0. The van der Waals surface area contributed by atoms with Crippen LogP contribution in [0, 0.1) is 0 Å². The van der Waals surface area contributed by atoms with Gasteiger partial charge in [0.05, 0.1) is 12.8 Å². The Labute approximate surface area is 82.8 Å². The van der Waals surface area contributed by atoms with Crippen molar-refractivity contribution in [1.29, 1.82) is 0 Å². The fraction of sp³-hybridized carbons (Fsp3) is 0.750. The Kier molecular flexibility index (Phi) is 9.27. The van der Waals surface area contributed by atoms with E-state index in [4.69, 9.17) is 15.3 Å². The molecule has 0 aromatic rings. The van der Waals surface area contributed by atoms with Gasteiger partial charge in [0.15, 0.2) is 0 Å². The predicted octanol–water partition coefficient (Wildman–Crippen LogP) is -0.178. The molecule has 0 spiro atoms. The minimum Gasteiger partial charge on any atom is -0.481 e. The van der Waals surface area contributed by atoms with E-state index in [1.165, 1.54) is 0 Å². The molecule has 0 aliphatic rings. The molecule has 1 atom stereocenters. The third-order valence-corrected chi connectivity index (χ3v) is 1.30. The van der Waals surface area contributed by atoms with Crippen LogP contribution in [0.1, 0.15) is 19.8 Å². The zero-order valence-corrected chi connectivity index (χ0v) is 8.60. The van der Waals surface area contributed by atoms with Gasteiger partial charge in [-0.2, -0.15) is 0 Å². The number of aliphatic hydroxyl groups excluding tert-OH is 1. The van der Waals surface area contributed by atoms with Gasteiger partial charge in [0.25, 0.3) is 0 Å². The first-order chi connectivity index (χ1) is 6.27. The van der Waals surface area contributed by atoms with E-state index in [1.807, 2.05) is 14.1 Å². The predicted molar refractivity (Wildman–Crippen MR) is 49.9 cm³/mol. The van der Waals surface area contributed by atoms with Crippen molar-refractivity contribution >= 4 is 11.9 Å². The fourth-order valence-corrected chi connectivity index (χ4v) is 0.214. The van der Waals surface area contributed by atoms with Crippen LogP contribution in [0.4, 0.5) is 0 Å². The third-order valence-electron chi connectivity index (χ3n) is 1.30. The number of nitrogens with zero attached hydrogens (tertiary/aromatic N) is 1. The van der Waals surface area contributed by atoms with Gasteiger partial charge in [0.1, 0.15) is 6.23 Å². The van der Waals surface area contributed by atoms with Gasteiger partial charge in [0.2, 0.25) is 0 Å². The minimum atomic E-state index is -1.08. The Bertz CT molecular complexity index is 159. The van der Waals surface area contributed by atoms with Gasteiger partial charge in [-0.25, -0.2) is 0 Å². The molecule has 0 aliphatic carbocycles. The molecule has 0 amide bonds. The Morgan fingerprint density at radius 1 is 1.14 bits per heavy atom. The quantitative estimate of drug-likeness (QED) is 0.553. The lowest BCUT2D eigenvalue weighted by Crippen LogP contribution is -2.23. The molecular formula is C8H17NO5. The third kappa shape index (κ3) is 17.1. The molecule has 0 aliphatic heterocycles. The highest BCUT2D eigenvalue weighted by Crippen LogP contribution is 1.86. The summed E-state index contributed by atoms with van der Waals surface area (Å²) in [6.07, 6.45) is -0.907. The molecule has 0 heterocycles. The van der Waals surface area contributed by atoms with Gasteiger partial charge in [0, 0.05) is 0 Å². The van der Waals surface area contributed by atoms with Gasteiger partial charge in [-0.15, -0.1) is 0 Å². The maximum absolute atomic E-state index is 9.64. The van der Waals surface area contributed by atoms with Crippen molar-refractivity contribution in [3.05, 3.63) is 0 Å². The van der Waals surface area contributed by atoms with E-state index in [0.29, 0.717) is 0 Å². The summed E-state index contributed by atoms with van der Waals surface area (Å²) in [4.78, 5) is 21.0. The second kappa shape index (κ2) is 8.46. The van der Waals surface area contributed by atoms with Crippen LogP contribution in [0.25, 0.3) is 0 Å². The summed E-state index contributed by atoms with van der Waals surface area (Å²) in [5, 5.41) is 24.4. The summed E-state index contributed by atoms with van der Waals surface area (Å²) >= 11 is 0. The summed E-state index contributed by atoms with van der Waals surface area (Å²) in [5.74, 6) is -2.15. The van der Waals surface area contributed by atoms with Gasteiger partial charge in [-0.3, -0.25) is 14.5 Å². The van der Waals surface area contributed by atoms with Crippen molar-refractivity contribution in [2.75, 3.05) is 14.1 Å². The average molecular weight is 207 g/mol. The van der Waals surface area contributed by atoms with Gasteiger partial charge in [-0.1, -0.05) is 0 Å². The molecule has 1 unspecified atom stereocenters. The second-order valence-corrected chi connectivity index (χ2v) is 2.88. The number of hydrogen-bond acceptors (Lipinski definition) is 4. The molecule has 6 heteroatoms. The van der Waals surface area contributed by atoms with Crippen LogP contribution in [0.2, 0.25) is 0 Å². The largest absolute Gasteiger partial charge is 0.481 e. The van der Waals surface area contributed by atoms with Crippen LogP contribution in [-0.2, 0) is 9.59 Å². The van der Waals surface area contributed by atoms with Crippen molar-refractivity contribution in [2.24, 2.45) is 0 Å². The molecule has 0 fully saturated rings. The highest BCUT2D eigenvalue weighted by atomic mass is 16.4. The van der Waals surface area contributed by atoms with Crippen LogP contribution in [0.3, 0.4) is 0 Å². The van der Waals surface area contributed by atoms with Crippen LogP contribution in [0.15, 0.2) is 0 Å². The molecule has 3 N–H and O–H groups in total. The molecule has 14 heavy (non-hydrogen) atoms. The highest BCUT2D eigenvalue weighted by molar-refractivity contribution is 5.75. The van der Waals surface area contributed by atoms with Gasteiger partial charge < -0.3 is 15.3 Å². The number of carbonyl (C=O) groups is 2. The van der Waals surface area contributed by atoms with Crippen molar-refractivity contribution in [3.8, 4) is 0 Å². The average Bonchev–Trinajstić information content (AvgIpc) is 2.01. The van der Waals surface area contributed by atoms with E-state index in [1.54, 1.807) is 11.8 Å². The zero-order chi connectivity index (χ0) is 11.7. The summed E-state index contributed by atoms with van der Waals surface area (Å²) in [6.45, 7) is 1.72. The van der Waals surface area contributed by atoms with Crippen LogP contribution in [-0.4, -0.2) is 52.5 Å². The first-order valence-corrected chi connectivity index (χ1v) is 4.05. The normalized spacial score (nSPS) is 11.5.